The number of hydrogen-bond acceptors (Lipinski definition) is 10. The minimum atomic E-state index is 0.598. The van der Waals surface area contributed by atoms with E-state index in [2.05, 4.69) is 169 Å². The molecular weight excluding hydrogens is 657 g/mol. The first-order valence-electron chi connectivity index (χ1n) is 21.8. The van der Waals surface area contributed by atoms with Crippen LogP contribution in [0.5, 0.6) is 0 Å². The Balaban J connectivity index is 0.000000336. The summed E-state index contributed by atoms with van der Waals surface area (Å²) in [6, 6.07) is 3.16. The van der Waals surface area contributed by atoms with E-state index in [1.165, 1.54) is 71.1 Å². The van der Waals surface area contributed by atoms with Gasteiger partial charge >= 0.3 is 0 Å². The van der Waals surface area contributed by atoms with Crippen LogP contribution >= 0.6 is 0 Å². The fourth-order valence-electron chi connectivity index (χ4n) is 9.26. The third kappa shape index (κ3) is 17.1. The SMILES string of the molecule is C1=CNCNC1.CC1CN(C)C(C)N(C)C1C.CCC1CC(CC)N(C)CN1C.CCC1CN(C)C(CC)N(C)C1.CCC1CN(C)CN(C)C1CC. The minimum Gasteiger partial charge on any atom is -0.379 e. The summed E-state index contributed by atoms with van der Waals surface area (Å²) in [4.78, 5) is 19.6. The van der Waals surface area contributed by atoms with Crippen molar-refractivity contribution in [2.75, 3.05) is 109 Å². The summed E-state index contributed by atoms with van der Waals surface area (Å²) in [6.07, 6.45) is 14.4. The average Bonchev–Trinajstić information content (AvgIpc) is 3.14. The number of hydrogen-bond donors (Lipinski definition) is 2. The predicted molar refractivity (Wildman–Crippen MR) is 233 cm³/mol. The van der Waals surface area contributed by atoms with E-state index in [-0.39, 0.29) is 0 Å². The third-order valence-electron chi connectivity index (χ3n) is 13.3. The molecule has 0 aromatic heterocycles. The molecule has 4 saturated heterocycles. The molecule has 5 aliphatic heterocycles. The van der Waals surface area contributed by atoms with Gasteiger partial charge in [0.2, 0.25) is 0 Å². The molecule has 4 fully saturated rings. The lowest BCUT2D eigenvalue weighted by molar-refractivity contribution is -0.0136. The highest BCUT2D eigenvalue weighted by atomic mass is 15.4. The van der Waals surface area contributed by atoms with Crippen molar-refractivity contribution in [2.45, 2.75) is 144 Å². The van der Waals surface area contributed by atoms with Crippen LogP contribution in [-0.2, 0) is 0 Å². The van der Waals surface area contributed by atoms with Gasteiger partial charge in [-0.25, -0.2) is 0 Å². The van der Waals surface area contributed by atoms with Crippen LogP contribution in [-0.4, -0.2) is 185 Å². The highest BCUT2D eigenvalue weighted by molar-refractivity contribution is 4.86. The summed E-state index contributed by atoms with van der Waals surface area (Å²) >= 11 is 0. The highest BCUT2D eigenvalue weighted by Gasteiger charge is 2.31. The quantitative estimate of drug-likeness (QED) is 0.343. The molecule has 0 spiro atoms. The number of rotatable bonds is 6. The second-order valence-corrected chi connectivity index (χ2v) is 17.3. The fraction of sp³-hybridized carbons (Fsp3) is 0.953. The molecule has 53 heavy (non-hydrogen) atoms. The first kappa shape index (κ1) is 50.2. The van der Waals surface area contributed by atoms with Crippen LogP contribution in [0.1, 0.15) is 107 Å². The molecule has 10 heteroatoms. The highest BCUT2D eigenvalue weighted by Crippen LogP contribution is 2.24. The lowest BCUT2D eigenvalue weighted by Crippen LogP contribution is -2.56. The minimum absolute atomic E-state index is 0.598. The molecule has 316 valence electrons. The Bertz CT molecular complexity index is 889. The van der Waals surface area contributed by atoms with E-state index in [0.717, 1.165) is 68.5 Å². The summed E-state index contributed by atoms with van der Waals surface area (Å²) in [5, 5.41) is 6.08. The Morgan fingerprint density at radius 2 is 1.17 bits per heavy atom. The van der Waals surface area contributed by atoms with Gasteiger partial charge in [0.25, 0.3) is 0 Å². The molecule has 10 nitrogen and oxygen atoms in total. The van der Waals surface area contributed by atoms with Gasteiger partial charge in [-0.15, -0.1) is 0 Å². The van der Waals surface area contributed by atoms with E-state index in [1.54, 1.807) is 0 Å². The zero-order valence-electron chi connectivity index (χ0n) is 38.5. The maximum atomic E-state index is 3.09. The normalized spacial score (nSPS) is 34.2. The van der Waals surface area contributed by atoms with Crippen molar-refractivity contribution in [2.24, 2.45) is 17.8 Å². The van der Waals surface area contributed by atoms with Crippen molar-refractivity contribution in [1.29, 1.82) is 0 Å². The number of nitrogens with zero attached hydrogens (tertiary/aromatic N) is 8. The summed E-state index contributed by atoms with van der Waals surface area (Å²) in [5.41, 5.74) is 0. The summed E-state index contributed by atoms with van der Waals surface area (Å²) in [7, 11) is 17.8. The molecule has 0 aromatic carbocycles. The molecular formula is C43H94N10. The molecule has 0 aliphatic carbocycles. The summed E-state index contributed by atoms with van der Waals surface area (Å²) in [5.74, 6) is 2.54. The van der Waals surface area contributed by atoms with Gasteiger partial charge < -0.3 is 5.32 Å². The average molecular weight is 751 g/mol. The standard InChI is InChI=1S/3C10H22N2.C9H20N2.C4H8N2/c1-5-9-7-11(3)8-12(4)10(9)6-2;1-5-9-7-10(6-2)12(4)8-11(9)3;1-5-9-7-11(3)10(6-2)12(4)8-9;1-7-6-10(4)9(3)11(5)8(7)2;1-2-5-4-6-3-1/h3*9-10H,5-8H2,1-4H3;7-9H,6H2,1-5H3;1-2,5-6H,3-4H2. The zero-order valence-corrected chi connectivity index (χ0v) is 38.5. The van der Waals surface area contributed by atoms with Gasteiger partial charge in [0.1, 0.15) is 0 Å². The molecule has 5 aliphatic rings. The van der Waals surface area contributed by atoms with Crippen molar-refractivity contribution in [3.63, 3.8) is 0 Å². The molecule has 7 atom stereocenters. The predicted octanol–water partition coefficient (Wildman–Crippen LogP) is 5.90. The van der Waals surface area contributed by atoms with E-state index in [4.69, 9.17) is 0 Å². The zero-order chi connectivity index (χ0) is 40.2. The second-order valence-electron chi connectivity index (χ2n) is 17.3. The van der Waals surface area contributed by atoms with Gasteiger partial charge in [-0.05, 0) is 126 Å². The molecule has 0 bridgehead atoms. The Morgan fingerprint density at radius 1 is 0.585 bits per heavy atom. The maximum Gasteiger partial charge on any atom is 0.0650 e. The maximum absolute atomic E-state index is 3.09. The molecule has 5 rings (SSSR count). The smallest absolute Gasteiger partial charge is 0.0650 e. The molecule has 0 saturated carbocycles. The Labute approximate surface area is 332 Å². The van der Waals surface area contributed by atoms with Crippen LogP contribution in [0.3, 0.4) is 0 Å². The van der Waals surface area contributed by atoms with E-state index in [0.29, 0.717) is 12.3 Å². The van der Waals surface area contributed by atoms with Crippen LogP contribution in [0.15, 0.2) is 12.3 Å². The van der Waals surface area contributed by atoms with Gasteiger partial charge in [0.05, 0.1) is 32.3 Å². The number of nitrogens with one attached hydrogen (secondary N) is 2. The van der Waals surface area contributed by atoms with Crippen LogP contribution in [0, 0.1) is 17.8 Å². The topological polar surface area (TPSA) is 50.0 Å². The van der Waals surface area contributed by atoms with E-state index < -0.39 is 0 Å². The van der Waals surface area contributed by atoms with E-state index in [9.17, 15) is 0 Å². The second kappa shape index (κ2) is 26.9. The molecule has 0 amide bonds. The van der Waals surface area contributed by atoms with Crippen molar-refractivity contribution in [1.82, 2.24) is 49.8 Å². The van der Waals surface area contributed by atoms with E-state index in [1.807, 2.05) is 12.3 Å². The van der Waals surface area contributed by atoms with Crippen molar-refractivity contribution in [3.05, 3.63) is 12.3 Å². The van der Waals surface area contributed by atoms with Crippen LogP contribution in [0.2, 0.25) is 0 Å². The molecule has 0 aromatic rings. The molecule has 0 radical (unpaired) electrons. The first-order valence-corrected chi connectivity index (χ1v) is 21.8. The Kier molecular flexibility index (Phi) is 25.5. The fourth-order valence-corrected chi connectivity index (χ4v) is 9.26. The van der Waals surface area contributed by atoms with Crippen LogP contribution in [0.4, 0.5) is 0 Å². The first-order chi connectivity index (χ1) is 25.1. The summed E-state index contributed by atoms with van der Waals surface area (Å²) < 4.78 is 0. The Morgan fingerprint density at radius 3 is 1.57 bits per heavy atom. The Hall–Kier alpha value is -0.820. The van der Waals surface area contributed by atoms with Gasteiger partial charge in [-0.2, -0.15) is 0 Å². The van der Waals surface area contributed by atoms with Gasteiger partial charge in [-0.1, -0.05) is 67.4 Å². The third-order valence-corrected chi connectivity index (χ3v) is 13.3. The van der Waals surface area contributed by atoms with Gasteiger partial charge in [0, 0.05) is 56.9 Å². The summed E-state index contributed by atoms with van der Waals surface area (Å²) in [6.45, 7) is 29.9. The molecule has 7 unspecified atom stereocenters. The van der Waals surface area contributed by atoms with Crippen molar-refractivity contribution in [3.8, 4) is 0 Å². The van der Waals surface area contributed by atoms with Gasteiger partial charge in [0.15, 0.2) is 0 Å². The van der Waals surface area contributed by atoms with Crippen molar-refractivity contribution >= 4 is 0 Å². The monoisotopic (exact) mass is 751 g/mol. The van der Waals surface area contributed by atoms with Gasteiger partial charge in [-0.3, -0.25) is 44.5 Å². The van der Waals surface area contributed by atoms with E-state index >= 15 is 0 Å². The van der Waals surface area contributed by atoms with Crippen LogP contribution < -0.4 is 10.6 Å². The van der Waals surface area contributed by atoms with Crippen LogP contribution in [0.25, 0.3) is 0 Å². The lowest BCUT2D eigenvalue weighted by atomic mass is 9.91. The molecule has 5 heterocycles. The van der Waals surface area contributed by atoms with Crippen molar-refractivity contribution < 1.29 is 0 Å². The molecule has 2 N–H and O–H groups in total. The largest absolute Gasteiger partial charge is 0.379 e. The lowest BCUT2D eigenvalue weighted by Gasteiger charge is -2.45.